The summed E-state index contributed by atoms with van der Waals surface area (Å²) in [6.45, 7) is 0.445. The van der Waals surface area contributed by atoms with Crippen LogP contribution in [0, 0.1) is 0 Å². The van der Waals surface area contributed by atoms with Crippen LogP contribution in [-0.4, -0.2) is 11.1 Å². The van der Waals surface area contributed by atoms with E-state index in [4.69, 9.17) is 14.6 Å². The number of aryl methyl sites for hydroxylation is 1. The average Bonchev–Trinajstić information content (AvgIpc) is 2.84. The second-order valence-electron chi connectivity index (χ2n) is 7.46. The standard InChI is InChI=1S/C28H24O4/c29-28(30)19-10-21-6-13-25(14-7-21)31-20-22-8-15-26(16-9-22)32-27-17-11-24(12-18-27)23-4-2-1-3-5-23/h1-9,11-18H,10,19-20H2,(H,29,30). The number of carboxylic acid groups (broad SMARTS) is 1. The summed E-state index contributed by atoms with van der Waals surface area (Å²) in [4.78, 5) is 10.7. The van der Waals surface area contributed by atoms with Gasteiger partial charge >= 0.3 is 5.97 Å². The highest BCUT2D eigenvalue weighted by atomic mass is 16.5. The summed E-state index contributed by atoms with van der Waals surface area (Å²) in [6, 6.07) is 33.7. The fourth-order valence-corrected chi connectivity index (χ4v) is 3.31. The van der Waals surface area contributed by atoms with E-state index in [1.807, 2.05) is 78.9 Å². The van der Waals surface area contributed by atoms with Gasteiger partial charge in [0, 0.05) is 6.42 Å². The molecule has 0 heterocycles. The Morgan fingerprint density at radius 2 is 1.16 bits per heavy atom. The van der Waals surface area contributed by atoms with Gasteiger partial charge in [-0.25, -0.2) is 0 Å². The summed E-state index contributed by atoms with van der Waals surface area (Å²) in [5.74, 6) is 1.52. The van der Waals surface area contributed by atoms with Crippen molar-refractivity contribution in [1.82, 2.24) is 0 Å². The van der Waals surface area contributed by atoms with Crippen molar-refractivity contribution in [3.8, 4) is 28.4 Å². The van der Waals surface area contributed by atoms with E-state index < -0.39 is 5.97 Å². The predicted molar refractivity (Wildman–Crippen MR) is 125 cm³/mol. The molecule has 0 aliphatic rings. The Morgan fingerprint density at radius 1 is 0.625 bits per heavy atom. The molecule has 1 N–H and O–H groups in total. The van der Waals surface area contributed by atoms with Crippen molar-refractivity contribution < 1.29 is 19.4 Å². The molecule has 160 valence electrons. The van der Waals surface area contributed by atoms with Gasteiger partial charge in [0.15, 0.2) is 0 Å². The first kappa shape index (κ1) is 21.2. The fraction of sp³-hybridized carbons (Fsp3) is 0.107. The van der Waals surface area contributed by atoms with Crippen LogP contribution in [-0.2, 0) is 17.8 Å². The lowest BCUT2D eigenvalue weighted by atomic mass is 10.1. The molecule has 0 amide bonds. The average molecular weight is 424 g/mol. The van der Waals surface area contributed by atoms with Crippen molar-refractivity contribution in [2.75, 3.05) is 0 Å². The lowest BCUT2D eigenvalue weighted by Crippen LogP contribution is -1.98. The van der Waals surface area contributed by atoms with Gasteiger partial charge in [-0.1, -0.05) is 66.7 Å². The molecule has 4 heteroatoms. The minimum Gasteiger partial charge on any atom is -0.489 e. The van der Waals surface area contributed by atoms with Crippen LogP contribution in [0.25, 0.3) is 11.1 Å². The summed E-state index contributed by atoms with van der Waals surface area (Å²) in [7, 11) is 0. The first-order valence-electron chi connectivity index (χ1n) is 10.5. The number of hydrogen-bond acceptors (Lipinski definition) is 3. The minimum atomic E-state index is -0.790. The molecule has 4 rings (SSSR count). The maximum Gasteiger partial charge on any atom is 0.303 e. The van der Waals surface area contributed by atoms with Gasteiger partial charge < -0.3 is 14.6 Å². The SMILES string of the molecule is O=C(O)CCc1ccc(OCc2ccc(Oc3ccc(-c4ccccc4)cc3)cc2)cc1. The molecular formula is C28H24O4. The molecule has 0 spiro atoms. The summed E-state index contributed by atoms with van der Waals surface area (Å²) in [5.41, 5.74) is 4.35. The van der Waals surface area contributed by atoms with E-state index in [1.54, 1.807) is 0 Å². The molecule has 0 aliphatic carbocycles. The fourth-order valence-electron chi connectivity index (χ4n) is 3.31. The lowest BCUT2D eigenvalue weighted by Gasteiger charge is -2.10. The molecule has 0 radical (unpaired) electrons. The van der Waals surface area contributed by atoms with Crippen molar-refractivity contribution >= 4 is 5.97 Å². The minimum absolute atomic E-state index is 0.131. The molecule has 0 bridgehead atoms. The number of rotatable bonds is 9. The zero-order valence-corrected chi connectivity index (χ0v) is 17.6. The Balaban J connectivity index is 1.29. The van der Waals surface area contributed by atoms with Crippen molar-refractivity contribution in [2.45, 2.75) is 19.4 Å². The zero-order valence-electron chi connectivity index (χ0n) is 17.6. The second kappa shape index (κ2) is 10.3. The van der Waals surface area contributed by atoms with Crippen LogP contribution in [0.15, 0.2) is 103 Å². The number of aliphatic carboxylic acids is 1. The highest BCUT2D eigenvalue weighted by molar-refractivity contribution is 5.67. The van der Waals surface area contributed by atoms with Crippen LogP contribution < -0.4 is 9.47 Å². The molecule has 4 aromatic rings. The molecule has 0 saturated carbocycles. The number of benzene rings is 4. The third kappa shape index (κ3) is 5.99. The number of ether oxygens (including phenoxy) is 2. The van der Waals surface area contributed by atoms with Gasteiger partial charge in [0.1, 0.15) is 23.9 Å². The highest BCUT2D eigenvalue weighted by Crippen LogP contribution is 2.26. The monoisotopic (exact) mass is 424 g/mol. The van der Waals surface area contributed by atoms with Crippen LogP contribution >= 0.6 is 0 Å². The van der Waals surface area contributed by atoms with Crippen LogP contribution in [0.1, 0.15) is 17.5 Å². The Hall–Kier alpha value is -4.05. The summed E-state index contributed by atoms with van der Waals surface area (Å²) >= 11 is 0. The Kier molecular flexibility index (Phi) is 6.83. The molecule has 0 saturated heterocycles. The predicted octanol–water partition coefficient (Wildman–Crippen LogP) is 6.74. The first-order chi connectivity index (χ1) is 15.7. The van der Waals surface area contributed by atoms with Crippen LogP contribution in [0.4, 0.5) is 0 Å². The van der Waals surface area contributed by atoms with Crippen molar-refractivity contribution in [3.63, 3.8) is 0 Å². The maximum absolute atomic E-state index is 10.7. The van der Waals surface area contributed by atoms with Gasteiger partial charge in [0.25, 0.3) is 0 Å². The van der Waals surface area contributed by atoms with Crippen LogP contribution in [0.5, 0.6) is 17.2 Å². The Morgan fingerprint density at radius 3 is 1.78 bits per heavy atom. The van der Waals surface area contributed by atoms with Gasteiger partial charge in [0.05, 0.1) is 0 Å². The van der Waals surface area contributed by atoms with Crippen LogP contribution in [0.2, 0.25) is 0 Å². The molecule has 32 heavy (non-hydrogen) atoms. The number of carboxylic acids is 1. The largest absolute Gasteiger partial charge is 0.489 e. The number of carbonyl (C=O) groups is 1. The third-order valence-corrected chi connectivity index (χ3v) is 5.08. The summed E-state index contributed by atoms with van der Waals surface area (Å²) < 4.78 is 11.8. The van der Waals surface area contributed by atoms with Crippen molar-refractivity contribution in [2.24, 2.45) is 0 Å². The number of hydrogen-bond donors (Lipinski definition) is 1. The van der Waals surface area contributed by atoms with Crippen molar-refractivity contribution in [1.29, 1.82) is 0 Å². The molecule has 0 aromatic heterocycles. The molecular weight excluding hydrogens is 400 g/mol. The van der Waals surface area contributed by atoms with E-state index in [1.165, 1.54) is 5.56 Å². The van der Waals surface area contributed by atoms with Gasteiger partial charge in [-0.15, -0.1) is 0 Å². The van der Waals surface area contributed by atoms with E-state index in [2.05, 4.69) is 24.3 Å². The topological polar surface area (TPSA) is 55.8 Å². The zero-order chi connectivity index (χ0) is 22.2. The summed E-state index contributed by atoms with van der Waals surface area (Å²) in [5, 5.41) is 8.76. The molecule has 0 aliphatic heterocycles. The van der Waals surface area contributed by atoms with Gasteiger partial charge in [-0.3, -0.25) is 4.79 Å². The van der Waals surface area contributed by atoms with E-state index in [0.717, 1.165) is 33.9 Å². The molecule has 4 aromatic carbocycles. The highest BCUT2D eigenvalue weighted by Gasteiger charge is 2.03. The Labute approximate surface area is 187 Å². The van der Waals surface area contributed by atoms with Crippen LogP contribution in [0.3, 0.4) is 0 Å². The summed E-state index contributed by atoms with van der Waals surface area (Å²) in [6.07, 6.45) is 0.651. The molecule has 0 unspecified atom stereocenters. The van der Waals surface area contributed by atoms with E-state index >= 15 is 0 Å². The molecule has 0 atom stereocenters. The van der Waals surface area contributed by atoms with Gasteiger partial charge in [-0.2, -0.15) is 0 Å². The quantitative estimate of drug-likeness (QED) is 0.323. The second-order valence-corrected chi connectivity index (χ2v) is 7.46. The van der Waals surface area contributed by atoms with Gasteiger partial charge in [-0.05, 0) is 65.1 Å². The maximum atomic E-state index is 10.7. The van der Waals surface area contributed by atoms with E-state index in [-0.39, 0.29) is 6.42 Å². The normalized spacial score (nSPS) is 10.5. The smallest absolute Gasteiger partial charge is 0.303 e. The molecule has 4 nitrogen and oxygen atoms in total. The molecule has 0 fully saturated rings. The Bertz CT molecular complexity index is 1130. The van der Waals surface area contributed by atoms with Gasteiger partial charge in [0.2, 0.25) is 0 Å². The third-order valence-electron chi connectivity index (χ3n) is 5.08. The lowest BCUT2D eigenvalue weighted by molar-refractivity contribution is -0.136. The first-order valence-corrected chi connectivity index (χ1v) is 10.5. The van der Waals surface area contributed by atoms with E-state index in [9.17, 15) is 4.79 Å². The van der Waals surface area contributed by atoms with E-state index in [0.29, 0.717) is 13.0 Å². The van der Waals surface area contributed by atoms with Crippen molar-refractivity contribution in [3.05, 3.63) is 114 Å².